The number of hydrogen-bond acceptors (Lipinski definition) is 8. The number of benzene rings is 2. The summed E-state index contributed by atoms with van der Waals surface area (Å²) in [6, 6.07) is 13.7. The van der Waals surface area contributed by atoms with Gasteiger partial charge in [-0.1, -0.05) is 18.2 Å². The molecular weight excluding hydrogens is 444 g/mol. The predicted molar refractivity (Wildman–Crippen MR) is 127 cm³/mol. The molecule has 0 saturated heterocycles. The smallest absolute Gasteiger partial charge is 0.244 e. The van der Waals surface area contributed by atoms with E-state index >= 15 is 0 Å². The summed E-state index contributed by atoms with van der Waals surface area (Å²) >= 11 is 0. The first-order valence-corrected chi connectivity index (χ1v) is 11.5. The standard InChI is InChI=1S/C22H24N6O4S/c1-28(2)33(30,31)19-7-5-4-6-16(19)24-21-15-10-11-23-20(15)26-22(27-21)25-17-12-14(13-29)8-9-18(17)32-3/h4-12,29H,13H2,1-3H3,(H3,23,24,25,26,27). The summed E-state index contributed by atoms with van der Waals surface area (Å²) in [5.41, 5.74) is 2.22. The molecule has 2 aromatic carbocycles. The molecule has 0 radical (unpaired) electrons. The number of nitrogens with one attached hydrogen (secondary N) is 3. The number of methoxy groups -OCH3 is 1. The van der Waals surface area contributed by atoms with E-state index in [2.05, 4.69) is 25.6 Å². The zero-order valence-electron chi connectivity index (χ0n) is 18.3. The Bertz CT molecular complexity index is 1400. The quantitative estimate of drug-likeness (QED) is 0.310. The number of rotatable bonds is 8. The molecular formula is C22H24N6O4S. The highest BCUT2D eigenvalue weighted by molar-refractivity contribution is 7.89. The summed E-state index contributed by atoms with van der Waals surface area (Å²) in [6.07, 6.45) is 1.73. The highest BCUT2D eigenvalue weighted by atomic mass is 32.2. The first kappa shape index (κ1) is 22.5. The van der Waals surface area contributed by atoms with Crippen molar-refractivity contribution < 1.29 is 18.3 Å². The summed E-state index contributed by atoms with van der Waals surface area (Å²) in [4.78, 5) is 12.3. The maximum Gasteiger partial charge on any atom is 0.244 e. The van der Waals surface area contributed by atoms with E-state index in [0.29, 0.717) is 39.5 Å². The normalized spacial score (nSPS) is 11.7. The van der Waals surface area contributed by atoms with Crippen molar-refractivity contribution in [2.24, 2.45) is 0 Å². The van der Waals surface area contributed by atoms with Crippen molar-refractivity contribution in [3.8, 4) is 5.75 Å². The van der Waals surface area contributed by atoms with Crippen LogP contribution in [0.15, 0.2) is 59.6 Å². The van der Waals surface area contributed by atoms with Gasteiger partial charge in [0.2, 0.25) is 16.0 Å². The van der Waals surface area contributed by atoms with Crippen molar-refractivity contribution in [3.05, 3.63) is 60.3 Å². The lowest BCUT2D eigenvalue weighted by molar-refractivity contribution is 0.281. The largest absolute Gasteiger partial charge is 0.495 e. The topological polar surface area (TPSA) is 132 Å². The van der Waals surface area contributed by atoms with Crippen LogP contribution in [0, 0.1) is 0 Å². The monoisotopic (exact) mass is 468 g/mol. The number of para-hydroxylation sites is 1. The zero-order valence-corrected chi connectivity index (χ0v) is 19.1. The van der Waals surface area contributed by atoms with E-state index in [1.807, 2.05) is 0 Å². The second-order valence-corrected chi connectivity index (χ2v) is 9.48. The fourth-order valence-corrected chi connectivity index (χ4v) is 4.32. The number of aromatic amines is 1. The molecule has 2 heterocycles. The van der Waals surface area contributed by atoms with Crippen molar-refractivity contribution in [1.82, 2.24) is 19.3 Å². The Kier molecular flexibility index (Phi) is 6.18. The fourth-order valence-electron chi connectivity index (χ4n) is 3.28. The van der Waals surface area contributed by atoms with Crippen LogP contribution in [-0.2, 0) is 16.6 Å². The summed E-state index contributed by atoms with van der Waals surface area (Å²) < 4.78 is 32.1. The Morgan fingerprint density at radius 1 is 1.06 bits per heavy atom. The number of anilines is 4. The van der Waals surface area contributed by atoms with Crippen LogP contribution in [0.2, 0.25) is 0 Å². The Labute approximate surface area is 191 Å². The van der Waals surface area contributed by atoms with Crippen LogP contribution in [-0.4, -0.2) is 54.0 Å². The number of sulfonamides is 1. The van der Waals surface area contributed by atoms with Gasteiger partial charge < -0.3 is 25.5 Å². The molecule has 4 rings (SSSR count). The molecule has 0 amide bonds. The van der Waals surface area contributed by atoms with Crippen molar-refractivity contribution in [3.63, 3.8) is 0 Å². The van der Waals surface area contributed by atoms with Crippen LogP contribution in [0.4, 0.5) is 23.1 Å². The third-order valence-corrected chi connectivity index (χ3v) is 6.88. The highest BCUT2D eigenvalue weighted by Gasteiger charge is 2.22. The molecule has 10 nitrogen and oxygen atoms in total. The van der Waals surface area contributed by atoms with Crippen LogP contribution in [0.25, 0.3) is 11.0 Å². The first-order chi connectivity index (χ1) is 15.8. The lowest BCUT2D eigenvalue weighted by Crippen LogP contribution is -2.23. The van der Waals surface area contributed by atoms with E-state index in [1.165, 1.54) is 20.2 Å². The molecule has 0 aliphatic rings. The molecule has 0 bridgehead atoms. The average Bonchev–Trinajstić information content (AvgIpc) is 3.28. The van der Waals surface area contributed by atoms with Crippen molar-refractivity contribution in [1.29, 1.82) is 0 Å². The molecule has 0 saturated carbocycles. The molecule has 2 aromatic heterocycles. The fraction of sp³-hybridized carbons (Fsp3) is 0.182. The molecule has 172 valence electrons. The van der Waals surface area contributed by atoms with E-state index in [9.17, 15) is 13.5 Å². The van der Waals surface area contributed by atoms with Crippen LogP contribution < -0.4 is 15.4 Å². The third kappa shape index (κ3) is 4.46. The molecule has 4 aromatic rings. The molecule has 33 heavy (non-hydrogen) atoms. The first-order valence-electron chi connectivity index (χ1n) is 10.0. The van der Waals surface area contributed by atoms with Crippen molar-refractivity contribution in [2.75, 3.05) is 31.8 Å². The number of ether oxygens (including phenoxy) is 1. The molecule has 0 aliphatic heterocycles. The van der Waals surface area contributed by atoms with Crippen LogP contribution >= 0.6 is 0 Å². The summed E-state index contributed by atoms with van der Waals surface area (Å²) in [7, 11) is 0.832. The zero-order chi connectivity index (χ0) is 23.6. The number of aliphatic hydroxyl groups excluding tert-OH is 1. The number of hydrogen-bond donors (Lipinski definition) is 4. The number of aliphatic hydroxyl groups is 1. The predicted octanol–water partition coefficient (Wildman–Crippen LogP) is 3.20. The molecule has 0 aliphatic carbocycles. The Balaban J connectivity index is 1.77. The summed E-state index contributed by atoms with van der Waals surface area (Å²) in [5.74, 6) is 1.23. The van der Waals surface area contributed by atoms with Crippen LogP contribution in [0.5, 0.6) is 5.75 Å². The van der Waals surface area contributed by atoms with Gasteiger partial charge in [-0.3, -0.25) is 0 Å². The van der Waals surface area contributed by atoms with Crippen LogP contribution in [0.1, 0.15) is 5.56 Å². The van der Waals surface area contributed by atoms with Gasteiger partial charge in [0.25, 0.3) is 0 Å². The molecule has 11 heteroatoms. The van der Waals surface area contributed by atoms with Gasteiger partial charge in [0, 0.05) is 20.3 Å². The van der Waals surface area contributed by atoms with E-state index < -0.39 is 10.0 Å². The van der Waals surface area contributed by atoms with E-state index in [1.54, 1.807) is 55.8 Å². The number of aromatic nitrogens is 3. The van der Waals surface area contributed by atoms with E-state index in [0.717, 1.165) is 4.31 Å². The molecule has 0 fully saturated rings. The van der Waals surface area contributed by atoms with E-state index in [-0.39, 0.29) is 17.5 Å². The lowest BCUT2D eigenvalue weighted by atomic mass is 10.2. The summed E-state index contributed by atoms with van der Waals surface area (Å²) in [6.45, 7) is -0.126. The van der Waals surface area contributed by atoms with Gasteiger partial charge in [-0.2, -0.15) is 9.97 Å². The second kappa shape index (κ2) is 9.06. The van der Waals surface area contributed by atoms with E-state index in [4.69, 9.17) is 4.74 Å². The maximum absolute atomic E-state index is 12.8. The van der Waals surface area contributed by atoms with Gasteiger partial charge in [-0.15, -0.1) is 0 Å². The van der Waals surface area contributed by atoms with Crippen LogP contribution in [0.3, 0.4) is 0 Å². The molecule has 0 atom stereocenters. The second-order valence-electron chi connectivity index (χ2n) is 7.36. The summed E-state index contributed by atoms with van der Waals surface area (Å²) in [5, 5.41) is 16.4. The SMILES string of the molecule is COc1ccc(CO)cc1Nc1nc(Nc2ccccc2S(=O)(=O)N(C)C)c2cc[nH]c2n1. The maximum atomic E-state index is 12.8. The minimum absolute atomic E-state index is 0.126. The highest BCUT2D eigenvalue weighted by Crippen LogP contribution is 2.32. The van der Waals surface area contributed by atoms with Gasteiger partial charge >= 0.3 is 0 Å². The van der Waals surface area contributed by atoms with Gasteiger partial charge in [-0.05, 0) is 35.9 Å². The van der Waals surface area contributed by atoms with Crippen molar-refractivity contribution >= 4 is 44.2 Å². The number of fused-ring (bicyclic) bond motifs is 1. The minimum Gasteiger partial charge on any atom is -0.495 e. The average molecular weight is 469 g/mol. The Hall–Kier alpha value is -3.67. The minimum atomic E-state index is -3.68. The van der Waals surface area contributed by atoms with Gasteiger partial charge in [0.1, 0.15) is 22.1 Å². The lowest BCUT2D eigenvalue weighted by Gasteiger charge is -2.17. The number of nitrogens with zero attached hydrogens (tertiary/aromatic N) is 3. The van der Waals surface area contributed by atoms with Gasteiger partial charge in [0.15, 0.2) is 0 Å². The molecule has 0 spiro atoms. The van der Waals surface area contributed by atoms with Gasteiger partial charge in [-0.25, -0.2) is 12.7 Å². The Morgan fingerprint density at radius 3 is 2.58 bits per heavy atom. The van der Waals surface area contributed by atoms with Crippen molar-refractivity contribution in [2.45, 2.75) is 11.5 Å². The Morgan fingerprint density at radius 2 is 1.85 bits per heavy atom. The molecule has 0 unspecified atom stereocenters. The molecule has 4 N–H and O–H groups in total. The number of H-pyrrole nitrogens is 1. The third-order valence-electron chi connectivity index (χ3n) is 5.01. The van der Waals surface area contributed by atoms with Gasteiger partial charge in [0.05, 0.1) is 30.5 Å².